The highest BCUT2D eigenvalue weighted by atomic mass is 35.5. The quantitative estimate of drug-likeness (QED) is 0.697. The van der Waals surface area contributed by atoms with Gasteiger partial charge in [-0.3, -0.25) is 4.68 Å². The lowest BCUT2D eigenvalue weighted by Gasteiger charge is -2.29. The summed E-state index contributed by atoms with van der Waals surface area (Å²) in [6, 6.07) is 1.92. The van der Waals surface area contributed by atoms with Crippen molar-refractivity contribution >= 4 is 34.9 Å². The molecule has 152 valence electrons. The van der Waals surface area contributed by atoms with Crippen molar-refractivity contribution in [3.05, 3.63) is 35.9 Å². The first-order chi connectivity index (χ1) is 13.9. The predicted molar refractivity (Wildman–Crippen MR) is 111 cm³/mol. The first-order valence-corrected chi connectivity index (χ1v) is 9.92. The molecule has 3 aromatic rings. The first-order valence-electron chi connectivity index (χ1n) is 9.54. The van der Waals surface area contributed by atoms with E-state index >= 15 is 0 Å². The van der Waals surface area contributed by atoms with Gasteiger partial charge in [0.15, 0.2) is 5.82 Å². The highest BCUT2D eigenvalue weighted by Gasteiger charge is 2.58. The molecule has 5 rings (SSSR count). The average Bonchev–Trinajstić information content (AvgIpc) is 3.40. The van der Waals surface area contributed by atoms with Gasteiger partial charge >= 0.3 is 0 Å². The van der Waals surface area contributed by atoms with Crippen LogP contribution in [0.4, 0.5) is 23.3 Å². The number of aryl methyl sites for hydroxylation is 1. The van der Waals surface area contributed by atoms with Crippen molar-refractivity contribution in [1.82, 2.24) is 24.9 Å². The van der Waals surface area contributed by atoms with Crippen molar-refractivity contribution in [2.24, 2.45) is 17.9 Å². The molecule has 9 nitrogen and oxygen atoms in total. The van der Waals surface area contributed by atoms with Crippen molar-refractivity contribution < 1.29 is 4.52 Å². The SMILES string of the molecule is Cn1cc(Nc2ncc(Cl)c(N3C[C@]4(C)CN(c5ccno5)C[C@]4(C)C3)n2)cn1. The molecule has 1 N–H and O–H groups in total. The number of rotatable bonds is 4. The lowest BCUT2D eigenvalue weighted by Crippen LogP contribution is -2.34. The average molecular weight is 415 g/mol. The van der Waals surface area contributed by atoms with E-state index in [2.05, 4.69) is 44.2 Å². The molecule has 0 bridgehead atoms. The maximum Gasteiger partial charge on any atom is 0.229 e. The zero-order valence-electron chi connectivity index (χ0n) is 16.6. The molecule has 0 spiro atoms. The molecule has 0 aliphatic carbocycles. The van der Waals surface area contributed by atoms with Crippen LogP contribution in [-0.4, -0.2) is 51.1 Å². The van der Waals surface area contributed by atoms with E-state index in [0.29, 0.717) is 11.0 Å². The molecule has 2 aliphatic heterocycles. The molecule has 0 amide bonds. The molecule has 2 fully saturated rings. The molecule has 29 heavy (non-hydrogen) atoms. The van der Waals surface area contributed by atoms with Gasteiger partial charge in [-0.25, -0.2) is 4.98 Å². The largest absolute Gasteiger partial charge is 0.354 e. The maximum absolute atomic E-state index is 6.50. The minimum Gasteiger partial charge on any atom is -0.354 e. The van der Waals surface area contributed by atoms with Gasteiger partial charge < -0.3 is 19.6 Å². The Labute approximate surface area is 173 Å². The van der Waals surface area contributed by atoms with Crippen LogP contribution in [0.1, 0.15) is 13.8 Å². The molecule has 0 radical (unpaired) electrons. The Morgan fingerprint density at radius 1 is 1.10 bits per heavy atom. The molecule has 5 heterocycles. The number of nitrogens with zero attached hydrogens (tertiary/aromatic N) is 7. The number of hydrogen-bond acceptors (Lipinski definition) is 8. The number of nitrogens with one attached hydrogen (secondary N) is 1. The van der Waals surface area contributed by atoms with Crippen LogP contribution in [0.2, 0.25) is 5.02 Å². The second-order valence-corrected chi connectivity index (χ2v) is 8.98. The van der Waals surface area contributed by atoms with E-state index in [4.69, 9.17) is 21.1 Å². The van der Waals surface area contributed by atoms with Crippen molar-refractivity contribution in [2.45, 2.75) is 13.8 Å². The normalized spacial score (nSPS) is 26.2. The Balaban J connectivity index is 1.38. The smallest absolute Gasteiger partial charge is 0.229 e. The minimum absolute atomic E-state index is 0.0744. The summed E-state index contributed by atoms with van der Waals surface area (Å²) in [5, 5.41) is 11.8. The Bertz CT molecular complexity index is 1020. The first kappa shape index (κ1) is 18.2. The number of halogens is 1. The van der Waals surface area contributed by atoms with Crippen LogP contribution in [0.15, 0.2) is 35.4 Å². The van der Waals surface area contributed by atoms with E-state index in [9.17, 15) is 0 Å². The molecule has 10 heteroatoms. The molecule has 0 unspecified atom stereocenters. The van der Waals surface area contributed by atoms with Crippen molar-refractivity contribution in [3.63, 3.8) is 0 Å². The van der Waals surface area contributed by atoms with E-state index in [1.807, 2.05) is 19.3 Å². The van der Waals surface area contributed by atoms with Gasteiger partial charge in [0.05, 0.1) is 24.3 Å². The van der Waals surface area contributed by atoms with E-state index in [1.54, 1.807) is 23.3 Å². The molecular weight excluding hydrogens is 392 g/mol. The number of hydrogen-bond donors (Lipinski definition) is 1. The van der Waals surface area contributed by atoms with Gasteiger partial charge in [-0.1, -0.05) is 30.6 Å². The van der Waals surface area contributed by atoms with Gasteiger partial charge in [-0.05, 0) is 0 Å². The van der Waals surface area contributed by atoms with Gasteiger partial charge in [0.2, 0.25) is 11.8 Å². The number of fused-ring (bicyclic) bond motifs is 1. The Morgan fingerprint density at radius 2 is 1.83 bits per heavy atom. The van der Waals surface area contributed by atoms with Gasteiger partial charge in [0.1, 0.15) is 5.02 Å². The van der Waals surface area contributed by atoms with Crippen LogP contribution in [0.25, 0.3) is 0 Å². The minimum atomic E-state index is 0.0744. The van der Waals surface area contributed by atoms with E-state index in [-0.39, 0.29) is 10.8 Å². The van der Waals surface area contributed by atoms with Gasteiger partial charge in [0, 0.05) is 56.3 Å². The van der Waals surface area contributed by atoms with E-state index in [0.717, 1.165) is 43.6 Å². The lowest BCUT2D eigenvalue weighted by molar-refractivity contribution is 0.212. The second-order valence-electron chi connectivity index (χ2n) is 8.58. The highest BCUT2D eigenvalue weighted by molar-refractivity contribution is 6.32. The van der Waals surface area contributed by atoms with Crippen LogP contribution < -0.4 is 15.1 Å². The summed E-state index contributed by atoms with van der Waals surface area (Å²) >= 11 is 6.50. The monoisotopic (exact) mass is 414 g/mol. The third kappa shape index (κ3) is 3.00. The van der Waals surface area contributed by atoms with Crippen molar-refractivity contribution in [2.75, 3.05) is 41.3 Å². The summed E-state index contributed by atoms with van der Waals surface area (Å²) in [4.78, 5) is 13.6. The lowest BCUT2D eigenvalue weighted by atomic mass is 9.71. The Hall–Kier alpha value is -2.81. The van der Waals surface area contributed by atoms with Crippen LogP contribution in [0.3, 0.4) is 0 Å². The zero-order valence-corrected chi connectivity index (χ0v) is 17.4. The van der Waals surface area contributed by atoms with Crippen molar-refractivity contribution in [3.8, 4) is 0 Å². The Morgan fingerprint density at radius 3 is 2.45 bits per heavy atom. The van der Waals surface area contributed by atoms with Crippen LogP contribution in [0.5, 0.6) is 0 Å². The summed E-state index contributed by atoms with van der Waals surface area (Å²) in [6.07, 6.45) is 6.95. The fourth-order valence-electron chi connectivity index (χ4n) is 4.59. The summed E-state index contributed by atoms with van der Waals surface area (Å²) in [5.41, 5.74) is 0.983. The predicted octanol–water partition coefficient (Wildman–Crippen LogP) is 2.95. The van der Waals surface area contributed by atoms with Crippen LogP contribution in [0, 0.1) is 10.8 Å². The molecular formula is C19H23ClN8O. The highest BCUT2D eigenvalue weighted by Crippen LogP contribution is 2.53. The molecule has 2 saturated heterocycles. The topological polar surface area (TPSA) is 88.1 Å². The summed E-state index contributed by atoms with van der Waals surface area (Å²) < 4.78 is 7.11. The Kier molecular flexibility index (Phi) is 3.99. The van der Waals surface area contributed by atoms with Gasteiger partial charge in [0.25, 0.3) is 0 Å². The zero-order chi connectivity index (χ0) is 20.2. The van der Waals surface area contributed by atoms with Crippen LogP contribution in [-0.2, 0) is 7.05 Å². The molecule has 0 aromatic carbocycles. The summed E-state index contributed by atoms with van der Waals surface area (Å²) in [6.45, 7) is 8.17. The number of aromatic nitrogens is 5. The second kappa shape index (κ2) is 6.35. The summed E-state index contributed by atoms with van der Waals surface area (Å²) in [5.74, 6) is 2.10. The van der Waals surface area contributed by atoms with E-state index < -0.39 is 0 Å². The van der Waals surface area contributed by atoms with E-state index in [1.165, 1.54) is 0 Å². The third-order valence-corrected chi connectivity index (χ3v) is 6.61. The fourth-order valence-corrected chi connectivity index (χ4v) is 4.80. The maximum atomic E-state index is 6.50. The molecule has 2 atom stereocenters. The molecule has 2 aliphatic rings. The van der Waals surface area contributed by atoms with Crippen molar-refractivity contribution in [1.29, 1.82) is 0 Å². The van der Waals surface area contributed by atoms with Crippen LogP contribution >= 0.6 is 11.6 Å². The summed E-state index contributed by atoms with van der Waals surface area (Å²) in [7, 11) is 1.87. The third-order valence-electron chi connectivity index (χ3n) is 6.34. The molecule has 0 saturated carbocycles. The number of anilines is 4. The standard InChI is InChI=1S/C19H23ClN8O/c1-18-9-27(15-4-5-23-29-15)10-19(18,2)12-28(11-18)16-14(20)7-21-17(25-16)24-13-6-22-26(3)8-13/h4-8H,9-12H2,1-3H3,(H,21,24,25)/t18-,19+. The van der Waals surface area contributed by atoms with Gasteiger partial charge in [-0.2, -0.15) is 10.1 Å². The molecule has 3 aromatic heterocycles. The fraction of sp³-hybridized carbons (Fsp3) is 0.474. The van der Waals surface area contributed by atoms with Gasteiger partial charge in [-0.15, -0.1) is 0 Å².